The van der Waals surface area contributed by atoms with Crippen LogP contribution in [0.15, 0.2) is 48.5 Å². The van der Waals surface area contributed by atoms with Crippen LogP contribution in [0.1, 0.15) is 53.5 Å². The number of nitrogens with one attached hydrogen (secondary N) is 1. The molecular formula is C31H30ClFN4O4. The summed E-state index contributed by atoms with van der Waals surface area (Å²) in [5.74, 6) is -0.506. The number of hydrogen-bond acceptors (Lipinski definition) is 6. The molecule has 1 aliphatic rings. The lowest BCUT2D eigenvalue weighted by molar-refractivity contribution is -0.124. The fourth-order valence-corrected chi connectivity index (χ4v) is 5.27. The van der Waals surface area contributed by atoms with Crippen LogP contribution in [0.4, 0.5) is 4.39 Å². The number of nitrogens with zero attached hydrogens (tertiary/aromatic N) is 2. The SMILES string of the molecule is CC[C@@]1(C(N)=O)COc2c1cc(C(C)CNC(=O)c1cc(OC)c3nc(C)c(Cl)cc3c1)nc2-c1ccc(F)cc1. The Bertz CT molecular complexity index is 1680. The summed E-state index contributed by atoms with van der Waals surface area (Å²) >= 11 is 6.27. The van der Waals surface area contributed by atoms with E-state index >= 15 is 0 Å². The monoisotopic (exact) mass is 576 g/mol. The molecule has 5 rings (SSSR count). The van der Waals surface area contributed by atoms with Gasteiger partial charge >= 0.3 is 0 Å². The third-order valence-electron chi connectivity index (χ3n) is 7.73. The minimum atomic E-state index is -1.01. The van der Waals surface area contributed by atoms with Crippen LogP contribution in [-0.2, 0) is 10.2 Å². The summed E-state index contributed by atoms with van der Waals surface area (Å²) in [5, 5.41) is 4.15. The molecule has 3 heterocycles. The van der Waals surface area contributed by atoms with Gasteiger partial charge in [-0.25, -0.2) is 14.4 Å². The first-order valence-corrected chi connectivity index (χ1v) is 13.6. The molecule has 1 aliphatic heterocycles. The number of aryl methyl sites for hydroxylation is 1. The van der Waals surface area contributed by atoms with Crippen LogP contribution in [-0.4, -0.2) is 42.0 Å². The largest absolute Gasteiger partial charge is 0.494 e. The Kier molecular flexibility index (Phi) is 7.57. The van der Waals surface area contributed by atoms with Crippen molar-refractivity contribution in [1.29, 1.82) is 0 Å². The minimum Gasteiger partial charge on any atom is -0.494 e. The van der Waals surface area contributed by atoms with E-state index in [0.29, 0.717) is 67.6 Å². The van der Waals surface area contributed by atoms with E-state index in [1.54, 1.807) is 37.3 Å². The van der Waals surface area contributed by atoms with Crippen molar-refractivity contribution >= 4 is 34.3 Å². The average Bonchev–Trinajstić information content (AvgIpc) is 3.35. The Morgan fingerprint density at radius 2 is 1.93 bits per heavy atom. The van der Waals surface area contributed by atoms with E-state index in [1.807, 2.05) is 19.9 Å². The maximum Gasteiger partial charge on any atom is 0.251 e. The molecule has 2 aromatic heterocycles. The molecule has 10 heteroatoms. The number of aromatic nitrogens is 2. The molecule has 0 fully saturated rings. The van der Waals surface area contributed by atoms with Crippen molar-refractivity contribution in [2.24, 2.45) is 5.73 Å². The molecule has 2 aromatic carbocycles. The van der Waals surface area contributed by atoms with E-state index in [-0.39, 0.29) is 30.8 Å². The number of ether oxygens (including phenoxy) is 2. The number of nitrogens with two attached hydrogens (primary N) is 1. The number of hydrogen-bond donors (Lipinski definition) is 2. The number of amides is 2. The molecule has 0 radical (unpaired) electrons. The molecule has 212 valence electrons. The Morgan fingerprint density at radius 1 is 1.20 bits per heavy atom. The lowest BCUT2D eigenvalue weighted by Crippen LogP contribution is -2.42. The lowest BCUT2D eigenvalue weighted by Gasteiger charge is -2.23. The van der Waals surface area contributed by atoms with Gasteiger partial charge in [-0.3, -0.25) is 9.59 Å². The maximum absolute atomic E-state index is 13.7. The van der Waals surface area contributed by atoms with Crippen molar-refractivity contribution in [2.75, 3.05) is 20.3 Å². The number of methoxy groups -OCH3 is 1. The van der Waals surface area contributed by atoms with E-state index in [0.717, 1.165) is 0 Å². The molecule has 2 amide bonds. The second-order valence-electron chi connectivity index (χ2n) is 10.3. The fraction of sp³-hybridized carbons (Fsp3) is 0.290. The first kappa shape index (κ1) is 28.3. The number of benzene rings is 2. The summed E-state index contributed by atoms with van der Waals surface area (Å²) in [5.41, 5.74) is 8.94. The Labute approximate surface area is 242 Å². The standard InChI is InChI=1S/C31H30ClFN4O4/c1-5-31(30(34)39)15-41-28-22(31)13-24(37-27(28)18-6-8-21(33)9-7-18)16(2)14-35-29(38)20-10-19-11-23(32)17(3)36-26(19)25(12-20)40-4/h6-13,16H,5,14-15H2,1-4H3,(H2,34,39)(H,35,38)/t16?,31-/m1/s1. The average molecular weight is 577 g/mol. The molecule has 1 unspecified atom stereocenters. The van der Waals surface area contributed by atoms with Gasteiger partial charge in [0, 0.05) is 40.2 Å². The second-order valence-corrected chi connectivity index (χ2v) is 10.7. The third-order valence-corrected chi connectivity index (χ3v) is 8.11. The minimum absolute atomic E-state index is 0.0980. The van der Waals surface area contributed by atoms with Crippen LogP contribution in [0.2, 0.25) is 5.02 Å². The number of halogens is 2. The predicted molar refractivity (Wildman–Crippen MR) is 155 cm³/mol. The molecule has 0 bridgehead atoms. The van der Waals surface area contributed by atoms with Gasteiger partial charge in [0.05, 0.1) is 17.8 Å². The number of carbonyl (C=O) groups excluding carboxylic acids is 2. The lowest BCUT2D eigenvalue weighted by atomic mass is 9.78. The van der Waals surface area contributed by atoms with Crippen LogP contribution in [0.25, 0.3) is 22.2 Å². The number of primary amides is 1. The quantitative estimate of drug-likeness (QED) is 0.287. The first-order chi connectivity index (χ1) is 19.6. The Hall–Kier alpha value is -4.24. The molecule has 2 atom stereocenters. The van der Waals surface area contributed by atoms with Crippen molar-refractivity contribution in [3.63, 3.8) is 0 Å². The number of rotatable bonds is 8. The van der Waals surface area contributed by atoms with E-state index in [2.05, 4.69) is 10.3 Å². The van der Waals surface area contributed by atoms with Crippen molar-refractivity contribution in [3.8, 4) is 22.8 Å². The third kappa shape index (κ3) is 5.06. The zero-order valence-corrected chi connectivity index (χ0v) is 23.9. The highest BCUT2D eigenvalue weighted by Gasteiger charge is 2.46. The van der Waals surface area contributed by atoms with Gasteiger partial charge in [-0.1, -0.05) is 25.4 Å². The van der Waals surface area contributed by atoms with Gasteiger partial charge in [0.1, 0.15) is 40.5 Å². The van der Waals surface area contributed by atoms with Crippen LogP contribution in [0, 0.1) is 12.7 Å². The fourth-order valence-electron chi connectivity index (χ4n) is 5.11. The van der Waals surface area contributed by atoms with Crippen LogP contribution < -0.4 is 20.5 Å². The molecule has 0 saturated carbocycles. The van der Waals surface area contributed by atoms with E-state index in [9.17, 15) is 14.0 Å². The number of carbonyl (C=O) groups is 2. The zero-order chi connectivity index (χ0) is 29.5. The molecule has 3 N–H and O–H groups in total. The predicted octanol–water partition coefficient (Wildman–Crippen LogP) is 5.47. The van der Waals surface area contributed by atoms with Crippen LogP contribution in [0.3, 0.4) is 0 Å². The summed E-state index contributed by atoms with van der Waals surface area (Å²) in [4.78, 5) is 35.2. The molecule has 0 aliphatic carbocycles. The Balaban J connectivity index is 1.47. The smallest absolute Gasteiger partial charge is 0.251 e. The molecule has 41 heavy (non-hydrogen) atoms. The zero-order valence-electron chi connectivity index (χ0n) is 23.2. The van der Waals surface area contributed by atoms with E-state index in [4.69, 9.17) is 31.8 Å². The highest BCUT2D eigenvalue weighted by Crippen LogP contribution is 2.46. The summed E-state index contributed by atoms with van der Waals surface area (Å²) in [6.45, 7) is 5.95. The summed E-state index contributed by atoms with van der Waals surface area (Å²) in [7, 11) is 1.52. The molecule has 8 nitrogen and oxygen atoms in total. The van der Waals surface area contributed by atoms with Gasteiger partial charge in [-0.15, -0.1) is 0 Å². The van der Waals surface area contributed by atoms with Gasteiger partial charge < -0.3 is 20.5 Å². The summed E-state index contributed by atoms with van der Waals surface area (Å²) in [6.07, 6.45) is 0.439. The molecule has 0 saturated heterocycles. The van der Waals surface area contributed by atoms with Crippen molar-refractivity contribution in [2.45, 2.75) is 38.5 Å². The van der Waals surface area contributed by atoms with Crippen molar-refractivity contribution in [1.82, 2.24) is 15.3 Å². The topological polar surface area (TPSA) is 116 Å². The second kappa shape index (κ2) is 11.0. The van der Waals surface area contributed by atoms with Gasteiger partial charge in [-0.2, -0.15) is 0 Å². The maximum atomic E-state index is 13.7. The van der Waals surface area contributed by atoms with Crippen molar-refractivity contribution < 1.29 is 23.5 Å². The summed E-state index contributed by atoms with van der Waals surface area (Å²) < 4.78 is 25.2. The Morgan fingerprint density at radius 3 is 2.59 bits per heavy atom. The van der Waals surface area contributed by atoms with Crippen molar-refractivity contribution in [3.05, 3.63) is 81.9 Å². The van der Waals surface area contributed by atoms with Gasteiger partial charge in [0.15, 0.2) is 0 Å². The first-order valence-electron chi connectivity index (χ1n) is 13.2. The van der Waals surface area contributed by atoms with Gasteiger partial charge in [0.2, 0.25) is 5.91 Å². The van der Waals surface area contributed by atoms with Gasteiger partial charge in [-0.05, 0) is 61.9 Å². The van der Waals surface area contributed by atoms with E-state index < -0.39 is 11.3 Å². The highest BCUT2D eigenvalue weighted by molar-refractivity contribution is 6.31. The molecular weight excluding hydrogens is 547 g/mol. The number of fused-ring (bicyclic) bond motifs is 2. The molecule has 0 spiro atoms. The van der Waals surface area contributed by atoms with Gasteiger partial charge in [0.25, 0.3) is 5.91 Å². The summed E-state index contributed by atoms with van der Waals surface area (Å²) in [6, 6.07) is 12.9. The van der Waals surface area contributed by atoms with Crippen LogP contribution in [0.5, 0.6) is 11.5 Å². The number of pyridine rings is 2. The van der Waals surface area contributed by atoms with E-state index in [1.165, 1.54) is 19.2 Å². The van der Waals surface area contributed by atoms with Crippen LogP contribution >= 0.6 is 11.6 Å². The normalized spacial score (nSPS) is 16.6. The highest BCUT2D eigenvalue weighted by atomic mass is 35.5. The molecule has 4 aromatic rings.